The maximum absolute atomic E-state index is 12.7. The summed E-state index contributed by atoms with van der Waals surface area (Å²) in [4.78, 5) is 19.3. The van der Waals surface area contributed by atoms with Crippen molar-refractivity contribution in [2.45, 2.75) is 13.8 Å². The number of thioether (sulfide) groups is 1. The molecule has 0 radical (unpaired) electrons. The normalized spacial score (nSPS) is 13.7. The van der Waals surface area contributed by atoms with Crippen molar-refractivity contribution in [1.82, 2.24) is 0 Å². The Morgan fingerprint density at radius 3 is 2.52 bits per heavy atom. The van der Waals surface area contributed by atoms with Crippen LogP contribution in [0.5, 0.6) is 0 Å². The summed E-state index contributed by atoms with van der Waals surface area (Å²) in [5.74, 6) is 1.10. The fraction of sp³-hybridized carbons (Fsp3) is 0.263. The Balaban J connectivity index is 1.89. The van der Waals surface area contributed by atoms with E-state index in [1.807, 2.05) is 43.3 Å². The number of ketones is 1. The zero-order chi connectivity index (χ0) is 16.2. The fourth-order valence-corrected chi connectivity index (χ4v) is 3.45. The molecule has 0 unspecified atom stereocenters. The number of hydrogen-bond acceptors (Lipinski definition) is 4. The van der Waals surface area contributed by atoms with E-state index in [0.29, 0.717) is 6.54 Å². The third-order valence-corrected chi connectivity index (χ3v) is 4.88. The molecule has 2 aromatic carbocycles. The van der Waals surface area contributed by atoms with Crippen molar-refractivity contribution in [1.29, 1.82) is 0 Å². The standard InChI is InChI=1S/C19H20N2OS/c1-14-7-9-16(10-8-14)18(22)13-21(19-20-11-12-23-19)17-6-4-3-5-15(17)2/h3-10H,11-13H2,1-2H3. The van der Waals surface area contributed by atoms with Crippen molar-refractivity contribution in [3.63, 3.8) is 0 Å². The quantitative estimate of drug-likeness (QED) is 0.794. The second-order valence-electron chi connectivity index (χ2n) is 5.67. The summed E-state index contributed by atoms with van der Waals surface area (Å²) >= 11 is 1.72. The van der Waals surface area contributed by atoms with Crippen LogP contribution in [-0.2, 0) is 0 Å². The number of nitrogens with zero attached hydrogens (tertiary/aromatic N) is 2. The van der Waals surface area contributed by atoms with Crippen LogP contribution in [0.15, 0.2) is 53.5 Å². The van der Waals surface area contributed by atoms with Crippen LogP contribution in [0.2, 0.25) is 0 Å². The van der Waals surface area contributed by atoms with E-state index in [1.54, 1.807) is 11.8 Å². The molecule has 118 valence electrons. The molecule has 0 saturated carbocycles. The third kappa shape index (κ3) is 3.64. The first-order chi connectivity index (χ1) is 11.1. The van der Waals surface area contributed by atoms with Gasteiger partial charge >= 0.3 is 0 Å². The highest BCUT2D eigenvalue weighted by molar-refractivity contribution is 8.14. The molecule has 1 aliphatic rings. The predicted molar refractivity (Wildman–Crippen MR) is 98.8 cm³/mol. The smallest absolute Gasteiger partial charge is 0.182 e. The molecule has 4 heteroatoms. The van der Waals surface area contributed by atoms with E-state index in [0.717, 1.165) is 39.8 Å². The Morgan fingerprint density at radius 2 is 1.87 bits per heavy atom. The molecular formula is C19H20N2OS. The van der Waals surface area contributed by atoms with E-state index in [1.165, 1.54) is 0 Å². The van der Waals surface area contributed by atoms with Gasteiger partial charge in [0.1, 0.15) is 0 Å². The molecule has 23 heavy (non-hydrogen) atoms. The number of anilines is 1. The number of hydrogen-bond donors (Lipinski definition) is 0. The van der Waals surface area contributed by atoms with Gasteiger partial charge in [-0.1, -0.05) is 59.8 Å². The predicted octanol–water partition coefficient (Wildman–Crippen LogP) is 4.10. The summed E-state index contributed by atoms with van der Waals surface area (Å²) in [6.45, 7) is 5.23. The minimum Gasteiger partial charge on any atom is -0.313 e. The molecule has 3 rings (SSSR count). The van der Waals surface area contributed by atoms with E-state index in [9.17, 15) is 4.79 Å². The van der Waals surface area contributed by atoms with Crippen molar-refractivity contribution >= 4 is 28.4 Å². The molecule has 0 atom stereocenters. The Morgan fingerprint density at radius 1 is 1.13 bits per heavy atom. The van der Waals surface area contributed by atoms with Crippen LogP contribution >= 0.6 is 11.8 Å². The van der Waals surface area contributed by atoms with Gasteiger partial charge in [0.15, 0.2) is 11.0 Å². The first kappa shape index (κ1) is 15.8. The number of carbonyl (C=O) groups is 1. The molecule has 0 amide bonds. The highest BCUT2D eigenvalue weighted by Gasteiger charge is 2.22. The minimum absolute atomic E-state index is 0.114. The highest BCUT2D eigenvalue weighted by atomic mass is 32.2. The van der Waals surface area contributed by atoms with Crippen LogP contribution in [0.25, 0.3) is 0 Å². The molecule has 3 nitrogen and oxygen atoms in total. The molecule has 0 spiro atoms. The molecule has 0 aromatic heterocycles. The SMILES string of the molecule is Cc1ccc(C(=O)CN(C2=NCCS2)c2ccccc2C)cc1. The first-order valence-electron chi connectivity index (χ1n) is 7.75. The lowest BCUT2D eigenvalue weighted by atomic mass is 10.1. The average Bonchev–Trinajstić information content (AvgIpc) is 3.08. The summed E-state index contributed by atoms with van der Waals surface area (Å²) in [6, 6.07) is 15.9. The zero-order valence-corrected chi connectivity index (χ0v) is 14.3. The third-order valence-electron chi connectivity index (χ3n) is 3.88. The Labute approximate surface area is 141 Å². The van der Waals surface area contributed by atoms with E-state index < -0.39 is 0 Å². The molecule has 0 fully saturated rings. The number of Topliss-reactive ketones (excluding diaryl/α,β-unsaturated/α-hetero) is 1. The van der Waals surface area contributed by atoms with Gasteiger partial charge in [-0.3, -0.25) is 9.79 Å². The number of para-hydroxylation sites is 1. The summed E-state index contributed by atoms with van der Waals surface area (Å²) in [7, 11) is 0. The minimum atomic E-state index is 0.114. The number of aryl methyl sites for hydroxylation is 2. The summed E-state index contributed by atoms with van der Waals surface area (Å²) in [6.07, 6.45) is 0. The van der Waals surface area contributed by atoms with Gasteiger partial charge in [0.25, 0.3) is 0 Å². The van der Waals surface area contributed by atoms with Gasteiger partial charge in [-0.25, -0.2) is 0 Å². The van der Waals surface area contributed by atoms with E-state index in [2.05, 4.69) is 28.9 Å². The maximum atomic E-state index is 12.7. The highest BCUT2D eigenvalue weighted by Crippen LogP contribution is 2.26. The van der Waals surface area contributed by atoms with Crippen molar-refractivity contribution in [3.05, 3.63) is 65.2 Å². The van der Waals surface area contributed by atoms with Crippen LogP contribution in [-0.4, -0.2) is 29.8 Å². The monoisotopic (exact) mass is 324 g/mol. The van der Waals surface area contributed by atoms with Gasteiger partial charge in [0.05, 0.1) is 13.1 Å². The second-order valence-corrected chi connectivity index (χ2v) is 6.74. The van der Waals surface area contributed by atoms with Gasteiger partial charge in [0.2, 0.25) is 0 Å². The zero-order valence-electron chi connectivity index (χ0n) is 13.5. The molecule has 1 heterocycles. The van der Waals surface area contributed by atoms with Gasteiger partial charge in [0, 0.05) is 17.0 Å². The van der Waals surface area contributed by atoms with Gasteiger partial charge in [-0.2, -0.15) is 0 Å². The topological polar surface area (TPSA) is 32.7 Å². The van der Waals surface area contributed by atoms with Crippen LogP contribution in [0.4, 0.5) is 5.69 Å². The van der Waals surface area contributed by atoms with Gasteiger partial charge in [-0.05, 0) is 25.5 Å². The largest absolute Gasteiger partial charge is 0.313 e. The van der Waals surface area contributed by atoms with Crippen LogP contribution in [0, 0.1) is 13.8 Å². The van der Waals surface area contributed by atoms with Gasteiger partial charge in [-0.15, -0.1) is 0 Å². The number of carbonyl (C=O) groups excluding carboxylic acids is 1. The van der Waals surface area contributed by atoms with Crippen molar-refractivity contribution < 1.29 is 4.79 Å². The molecule has 0 saturated heterocycles. The molecule has 0 N–H and O–H groups in total. The Bertz CT molecular complexity index is 737. The summed E-state index contributed by atoms with van der Waals surface area (Å²) in [5.41, 5.74) is 4.12. The first-order valence-corrected chi connectivity index (χ1v) is 8.74. The molecular weight excluding hydrogens is 304 g/mol. The molecule has 1 aliphatic heterocycles. The molecule has 0 bridgehead atoms. The lowest BCUT2D eigenvalue weighted by Crippen LogP contribution is -2.34. The number of aliphatic imine (C=N–C) groups is 1. The van der Waals surface area contributed by atoms with Gasteiger partial charge < -0.3 is 4.90 Å². The second kappa shape index (κ2) is 7.01. The summed E-state index contributed by atoms with van der Waals surface area (Å²) in [5, 5.41) is 0.944. The number of amidine groups is 1. The summed E-state index contributed by atoms with van der Waals surface area (Å²) < 4.78 is 0. The fourth-order valence-electron chi connectivity index (χ4n) is 2.58. The lowest BCUT2D eigenvalue weighted by molar-refractivity contribution is 0.100. The van der Waals surface area contributed by atoms with Crippen molar-refractivity contribution in [2.24, 2.45) is 4.99 Å². The van der Waals surface area contributed by atoms with E-state index >= 15 is 0 Å². The Hall–Kier alpha value is -2.07. The van der Waals surface area contributed by atoms with Crippen molar-refractivity contribution in [3.8, 4) is 0 Å². The van der Waals surface area contributed by atoms with E-state index in [-0.39, 0.29) is 5.78 Å². The van der Waals surface area contributed by atoms with Crippen LogP contribution in [0.1, 0.15) is 21.5 Å². The Kier molecular flexibility index (Phi) is 4.82. The molecule has 2 aromatic rings. The van der Waals surface area contributed by atoms with E-state index in [4.69, 9.17) is 0 Å². The molecule has 0 aliphatic carbocycles. The number of rotatable bonds is 4. The average molecular weight is 324 g/mol. The van der Waals surface area contributed by atoms with Crippen molar-refractivity contribution in [2.75, 3.05) is 23.7 Å². The lowest BCUT2D eigenvalue weighted by Gasteiger charge is -2.25. The van der Waals surface area contributed by atoms with Crippen LogP contribution < -0.4 is 4.90 Å². The maximum Gasteiger partial charge on any atom is 0.182 e. The van der Waals surface area contributed by atoms with Crippen LogP contribution in [0.3, 0.4) is 0 Å². The number of benzene rings is 2.